The number of aromatic nitrogens is 2. The Morgan fingerprint density at radius 2 is 1.88 bits per heavy atom. The van der Waals surface area contributed by atoms with Crippen LogP contribution in [0, 0.1) is 20.8 Å². The normalized spacial score (nSPS) is 13.8. The Balaban J connectivity index is 1.93. The van der Waals surface area contributed by atoms with Crippen molar-refractivity contribution >= 4 is 22.8 Å². The lowest BCUT2D eigenvalue weighted by Gasteiger charge is -2.30. The molecule has 0 saturated carbocycles. The topological polar surface area (TPSA) is 47.4 Å². The molecule has 134 valence electrons. The van der Waals surface area contributed by atoms with E-state index >= 15 is 0 Å². The average Bonchev–Trinajstić information content (AvgIpc) is 2.93. The highest BCUT2D eigenvalue weighted by atomic mass is 16.5. The van der Waals surface area contributed by atoms with Crippen molar-refractivity contribution < 1.29 is 9.53 Å². The number of nitrogens with zero attached hydrogens (tertiary/aromatic N) is 3. The Hall–Kier alpha value is -2.82. The number of benzene rings is 1. The molecule has 1 aliphatic heterocycles. The Labute approximate surface area is 153 Å². The molecular weight excluding hydrogens is 326 g/mol. The summed E-state index contributed by atoms with van der Waals surface area (Å²) in [4.78, 5) is 19.5. The van der Waals surface area contributed by atoms with E-state index in [9.17, 15) is 4.79 Å². The van der Waals surface area contributed by atoms with Gasteiger partial charge in [0, 0.05) is 30.4 Å². The fraction of sp³-hybridized carbons (Fsp3) is 0.333. The summed E-state index contributed by atoms with van der Waals surface area (Å²) in [6, 6.07) is 8.52. The number of aryl methyl sites for hydroxylation is 2. The summed E-state index contributed by atoms with van der Waals surface area (Å²) in [5.74, 6) is 0.849. The van der Waals surface area contributed by atoms with Crippen LogP contribution in [0.15, 0.2) is 30.5 Å². The van der Waals surface area contributed by atoms with Gasteiger partial charge < -0.3 is 9.64 Å². The monoisotopic (exact) mass is 349 g/mol. The molecule has 5 nitrogen and oxygen atoms in total. The molecule has 0 saturated heterocycles. The third-order valence-electron chi connectivity index (χ3n) is 5.49. The average molecular weight is 349 g/mol. The maximum atomic E-state index is 12.5. The van der Waals surface area contributed by atoms with Gasteiger partial charge in [-0.05, 0) is 49.4 Å². The first kappa shape index (κ1) is 16.6. The first-order valence-electron chi connectivity index (χ1n) is 8.90. The number of hydrogen-bond acceptors (Lipinski definition) is 4. The Bertz CT molecular complexity index is 1020. The van der Waals surface area contributed by atoms with Crippen molar-refractivity contribution in [1.29, 1.82) is 0 Å². The zero-order valence-electron chi connectivity index (χ0n) is 15.7. The van der Waals surface area contributed by atoms with Crippen LogP contribution in [0.25, 0.3) is 10.9 Å². The van der Waals surface area contributed by atoms with Gasteiger partial charge in [0.1, 0.15) is 5.52 Å². The summed E-state index contributed by atoms with van der Waals surface area (Å²) in [5, 5.41) is 1.09. The van der Waals surface area contributed by atoms with E-state index in [0.29, 0.717) is 0 Å². The summed E-state index contributed by atoms with van der Waals surface area (Å²) < 4.78 is 6.72. The molecule has 0 fully saturated rings. The summed E-state index contributed by atoms with van der Waals surface area (Å²) >= 11 is 0. The predicted octanol–water partition coefficient (Wildman–Crippen LogP) is 4.14. The minimum Gasteiger partial charge on any atom is -0.452 e. The van der Waals surface area contributed by atoms with E-state index in [2.05, 4.69) is 36.1 Å². The lowest BCUT2D eigenvalue weighted by Crippen LogP contribution is -2.31. The molecule has 0 spiro atoms. The van der Waals surface area contributed by atoms with Crippen LogP contribution in [0.2, 0.25) is 0 Å². The highest BCUT2D eigenvalue weighted by molar-refractivity contribution is 6.01. The van der Waals surface area contributed by atoms with Crippen LogP contribution in [0.1, 0.15) is 27.9 Å². The van der Waals surface area contributed by atoms with E-state index in [1.54, 1.807) is 4.57 Å². The molecule has 5 heteroatoms. The molecule has 4 rings (SSSR count). The molecule has 0 bridgehead atoms. The molecule has 3 heterocycles. The first-order valence-corrected chi connectivity index (χ1v) is 8.90. The highest BCUT2D eigenvalue weighted by Gasteiger charge is 2.26. The van der Waals surface area contributed by atoms with Crippen molar-refractivity contribution in [1.82, 2.24) is 9.55 Å². The second-order valence-electron chi connectivity index (χ2n) is 6.94. The second-order valence-corrected chi connectivity index (χ2v) is 6.94. The quantitative estimate of drug-likeness (QED) is 0.662. The van der Waals surface area contributed by atoms with Gasteiger partial charge in [0.05, 0.1) is 7.11 Å². The molecule has 1 aromatic carbocycles. The number of pyridine rings is 1. The van der Waals surface area contributed by atoms with E-state index in [-0.39, 0.29) is 6.09 Å². The van der Waals surface area contributed by atoms with Crippen LogP contribution in [0.5, 0.6) is 0 Å². The van der Waals surface area contributed by atoms with Crippen molar-refractivity contribution in [3.8, 4) is 0 Å². The van der Waals surface area contributed by atoms with Gasteiger partial charge in [0.2, 0.25) is 0 Å². The van der Waals surface area contributed by atoms with Crippen molar-refractivity contribution in [2.24, 2.45) is 0 Å². The van der Waals surface area contributed by atoms with Crippen LogP contribution >= 0.6 is 0 Å². The third-order valence-corrected chi connectivity index (χ3v) is 5.49. The van der Waals surface area contributed by atoms with E-state index in [0.717, 1.165) is 53.1 Å². The zero-order valence-corrected chi connectivity index (χ0v) is 15.7. The van der Waals surface area contributed by atoms with Crippen molar-refractivity contribution in [2.75, 3.05) is 18.6 Å². The van der Waals surface area contributed by atoms with E-state index < -0.39 is 0 Å². The van der Waals surface area contributed by atoms with Gasteiger partial charge in [0.15, 0.2) is 5.82 Å². The van der Waals surface area contributed by atoms with Gasteiger partial charge in [-0.25, -0.2) is 14.3 Å². The number of anilines is 1. The Kier molecular flexibility index (Phi) is 3.94. The van der Waals surface area contributed by atoms with Crippen LogP contribution in [-0.4, -0.2) is 29.3 Å². The van der Waals surface area contributed by atoms with Crippen LogP contribution in [0.4, 0.5) is 10.6 Å². The van der Waals surface area contributed by atoms with Crippen LogP contribution in [0.3, 0.4) is 0 Å². The molecule has 0 aliphatic carbocycles. The van der Waals surface area contributed by atoms with Crippen molar-refractivity contribution in [2.45, 2.75) is 33.7 Å². The molecule has 3 aromatic rings. The maximum Gasteiger partial charge on any atom is 0.418 e. The van der Waals surface area contributed by atoms with Crippen molar-refractivity contribution in [3.05, 3.63) is 58.4 Å². The third kappa shape index (κ3) is 2.38. The largest absolute Gasteiger partial charge is 0.452 e. The van der Waals surface area contributed by atoms with Gasteiger partial charge in [-0.2, -0.15) is 0 Å². The minimum atomic E-state index is -0.369. The number of rotatable bonds is 1. The van der Waals surface area contributed by atoms with Gasteiger partial charge in [-0.15, -0.1) is 0 Å². The SMILES string of the molecule is COC(=O)n1c(C)c(C)c2c(C)cnc(N3CCc4ccccc4C3)c21. The smallest absolute Gasteiger partial charge is 0.418 e. The number of ether oxygens (including phenoxy) is 1. The van der Waals surface area contributed by atoms with Crippen LogP contribution < -0.4 is 4.90 Å². The lowest BCUT2D eigenvalue weighted by molar-refractivity contribution is 0.173. The van der Waals surface area contributed by atoms with Crippen LogP contribution in [-0.2, 0) is 17.7 Å². The van der Waals surface area contributed by atoms with Gasteiger partial charge in [-0.3, -0.25) is 0 Å². The van der Waals surface area contributed by atoms with E-state index in [4.69, 9.17) is 9.72 Å². The summed E-state index contributed by atoms with van der Waals surface area (Å²) in [6.07, 6.45) is 2.52. The molecule has 2 aromatic heterocycles. The molecule has 1 aliphatic rings. The lowest BCUT2D eigenvalue weighted by atomic mass is 9.99. The maximum absolute atomic E-state index is 12.5. The first-order chi connectivity index (χ1) is 12.5. The molecule has 0 radical (unpaired) electrons. The zero-order chi connectivity index (χ0) is 18.4. The second kappa shape index (κ2) is 6.16. The van der Waals surface area contributed by atoms with Gasteiger partial charge in [-0.1, -0.05) is 24.3 Å². The molecule has 0 amide bonds. The molecular formula is C21H23N3O2. The predicted molar refractivity (Wildman–Crippen MR) is 103 cm³/mol. The fourth-order valence-electron chi connectivity index (χ4n) is 4.01. The molecule has 0 N–H and O–H groups in total. The molecule has 26 heavy (non-hydrogen) atoms. The Morgan fingerprint density at radius 1 is 1.15 bits per heavy atom. The fourth-order valence-corrected chi connectivity index (χ4v) is 4.01. The minimum absolute atomic E-state index is 0.369. The standard InChI is InChI=1S/C21H23N3O2/c1-13-11-22-20(23-10-9-16-7-5-6-8-17(16)12-23)19-18(13)14(2)15(3)24(19)21(25)26-4/h5-8,11H,9-10,12H2,1-4H3. The number of carbonyl (C=O) groups is 1. The van der Waals surface area contributed by atoms with E-state index in [1.165, 1.54) is 18.2 Å². The summed E-state index contributed by atoms with van der Waals surface area (Å²) in [7, 11) is 1.42. The van der Waals surface area contributed by atoms with Gasteiger partial charge in [0.25, 0.3) is 0 Å². The Morgan fingerprint density at radius 3 is 2.62 bits per heavy atom. The van der Waals surface area contributed by atoms with E-state index in [1.807, 2.05) is 20.0 Å². The molecule has 0 unspecified atom stereocenters. The number of fused-ring (bicyclic) bond motifs is 2. The van der Waals surface area contributed by atoms with Crippen molar-refractivity contribution in [3.63, 3.8) is 0 Å². The number of hydrogen-bond donors (Lipinski definition) is 0. The summed E-state index contributed by atoms with van der Waals surface area (Å²) in [5.41, 5.74) is 6.64. The number of carbonyl (C=O) groups excluding carboxylic acids is 1. The molecule has 0 atom stereocenters. The number of methoxy groups -OCH3 is 1. The summed E-state index contributed by atoms with van der Waals surface area (Å²) in [6.45, 7) is 7.73. The highest BCUT2D eigenvalue weighted by Crippen LogP contribution is 2.35. The van der Waals surface area contributed by atoms with Gasteiger partial charge >= 0.3 is 6.09 Å².